The van der Waals surface area contributed by atoms with E-state index >= 15 is 0 Å². The lowest BCUT2D eigenvalue weighted by Gasteiger charge is -2.50. The maximum absolute atomic E-state index is 10.6. The summed E-state index contributed by atoms with van der Waals surface area (Å²) in [6, 6.07) is 0. The van der Waals surface area contributed by atoms with Gasteiger partial charge in [-0.15, -0.1) is 0 Å². The predicted molar refractivity (Wildman–Crippen MR) is 95.7 cm³/mol. The molecule has 5 atom stereocenters. The number of fused-ring (bicyclic) bond motifs is 4. The summed E-state index contributed by atoms with van der Waals surface area (Å²) in [7, 11) is 0. The molecule has 1 heterocycles. The van der Waals surface area contributed by atoms with Gasteiger partial charge >= 0.3 is 0 Å². The van der Waals surface area contributed by atoms with Gasteiger partial charge in [0.2, 0.25) is 0 Å². The molecule has 0 aromatic carbocycles. The van der Waals surface area contributed by atoms with E-state index in [1.807, 2.05) is 0 Å². The third-order valence-electron chi connectivity index (χ3n) is 8.38. The monoisotopic (exact) mass is 328 g/mol. The zero-order chi connectivity index (χ0) is 16.5. The molecule has 3 unspecified atom stereocenters. The number of aliphatic hydroxyl groups is 1. The Kier molecular flexibility index (Phi) is 3.39. The molecule has 24 heavy (non-hydrogen) atoms. The summed E-state index contributed by atoms with van der Waals surface area (Å²) >= 11 is 0. The molecule has 132 valence electrons. The van der Waals surface area contributed by atoms with Gasteiger partial charge in [0.15, 0.2) is 0 Å². The summed E-state index contributed by atoms with van der Waals surface area (Å²) in [5.74, 6) is 1.43. The first-order chi connectivity index (χ1) is 11.5. The molecule has 4 aliphatic carbocycles. The number of allylic oxidation sites excluding steroid dienone is 3. The second-order valence-corrected chi connectivity index (χ2v) is 9.62. The molecule has 0 amide bonds. The highest BCUT2D eigenvalue weighted by atomic mass is 16.5. The molecule has 1 spiro atoms. The van der Waals surface area contributed by atoms with Crippen LogP contribution in [0, 0.1) is 17.3 Å². The molecular weight excluding hydrogens is 296 g/mol. The van der Waals surface area contributed by atoms with Crippen LogP contribution >= 0.6 is 0 Å². The van der Waals surface area contributed by atoms with Gasteiger partial charge < -0.3 is 9.84 Å². The predicted octanol–water partition coefficient (Wildman–Crippen LogP) is 4.92. The minimum atomic E-state index is -0.0871. The van der Waals surface area contributed by atoms with Gasteiger partial charge in [-0.25, -0.2) is 0 Å². The maximum Gasteiger partial charge on any atom is 0.0723 e. The molecule has 0 radical (unpaired) electrons. The van der Waals surface area contributed by atoms with E-state index in [4.69, 9.17) is 4.74 Å². The Labute approximate surface area is 146 Å². The lowest BCUT2D eigenvalue weighted by atomic mass is 9.56. The summed E-state index contributed by atoms with van der Waals surface area (Å²) in [6.45, 7) is 5.70. The third kappa shape index (κ3) is 2.02. The van der Waals surface area contributed by atoms with Crippen LogP contribution in [0.3, 0.4) is 0 Å². The van der Waals surface area contributed by atoms with Crippen LogP contribution in [0.4, 0.5) is 0 Å². The third-order valence-corrected chi connectivity index (χ3v) is 8.38. The first-order valence-electron chi connectivity index (χ1n) is 10.3. The molecule has 0 aromatic rings. The van der Waals surface area contributed by atoms with Crippen LogP contribution in [0.2, 0.25) is 0 Å². The van der Waals surface area contributed by atoms with Crippen LogP contribution in [0.25, 0.3) is 0 Å². The first kappa shape index (κ1) is 15.6. The van der Waals surface area contributed by atoms with Gasteiger partial charge in [0.05, 0.1) is 11.7 Å². The lowest BCUT2D eigenvalue weighted by Crippen LogP contribution is -2.43. The highest BCUT2D eigenvalue weighted by Crippen LogP contribution is 2.61. The first-order valence-corrected chi connectivity index (χ1v) is 10.3. The summed E-state index contributed by atoms with van der Waals surface area (Å²) in [5.41, 5.74) is 7.13. The molecule has 1 aliphatic heterocycles. The molecule has 1 saturated heterocycles. The number of hydrogen-bond donors (Lipinski definition) is 1. The quantitative estimate of drug-likeness (QED) is 0.683. The largest absolute Gasteiger partial charge is 0.393 e. The molecule has 1 saturated carbocycles. The summed E-state index contributed by atoms with van der Waals surface area (Å²) < 4.78 is 6.21. The van der Waals surface area contributed by atoms with Crippen LogP contribution in [-0.4, -0.2) is 23.4 Å². The van der Waals surface area contributed by atoms with Crippen LogP contribution in [0.1, 0.15) is 78.1 Å². The summed E-state index contributed by atoms with van der Waals surface area (Å²) in [6.07, 6.45) is 12.1. The number of hydrogen-bond acceptors (Lipinski definition) is 2. The average Bonchev–Trinajstić information content (AvgIpc) is 3.12. The Morgan fingerprint density at radius 1 is 1.08 bits per heavy atom. The highest BCUT2D eigenvalue weighted by Gasteiger charge is 2.54. The SMILES string of the molecule is CC1=C2C3=C(CCC2C2CC[C@H](O)[C@@]2(C)C1)CC1(CCCO1)CC3. The van der Waals surface area contributed by atoms with Crippen LogP contribution in [0.15, 0.2) is 22.3 Å². The topological polar surface area (TPSA) is 29.5 Å². The molecule has 5 aliphatic rings. The molecule has 1 N–H and O–H groups in total. The van der Waals surface area contributed by atoms with Gasteiger partial charge in [-0.1, -0.05) is 18.1 Å². The van der Waals surface area contributed by atoms with Gasteiger partial charge in [0, 0.05) is 12.0 Å². The Bertz CT molecular complexity index is 622. The summed E-state index contributed by atoms with van der Waals surface area (Å²) in [5, 5.41) is 10.6. The molecule has 0 aromatic heterocycles. The molecule has 2 fully saturated rings. The van der Waals surface area contributed by atoms with E-state index < -0.39 is 0 Å². The van der Waals surface area contributed by atoms with Crippen molar-refractivity contribution in [3.05, 3.63) is 22.3 Å². The van der Waals surface area contributed by atoms with Crippen molar-refractivity contribution < 1.29 is 9.84 Å². The second kappa shape index (κ2) is 5.20. The van der Waals surface area contributed by atoms with Gasteiger partial charge in [0.25, 0.3) is 0 Å². The van der Waals surface area contributed by atoms with Crippen molar-refractivity contribution in [3.8, 4) is 0 Å². The number of ether oxygens (including phenoxy) is 1. The maximum atomic E-state index is 10.6. The van der Waals surface area contributed by atoms with Crippen molar-refractivity contribution in [1.82, 2.24) is 0 Å². The fourth-order valence-corrected chi connectivity index (χ4v) is 7.26. The van der Waals surface area contributed by atoms with Crippen molar-refractivity contribution >= 4 is 0 Å². The van der Waals surface area contributed by atoms with Gasteiger partial charge in [0.1, 0.15) is 0 Å². The smallest absolute Gasteiger partial charge is 0.0723 e. The average molecular weight is 328 g/mol. The van der Waals surface area contributed by atoms with Gasteiger partial charge in [-0.3, -0.25) is 0 Å². The minimum absolute atomic E-state index is 0.0871. The second-order valence-electron chi connectivity index (χ2n) is 9.62. The van der Waals surface area contributed by atoms with E-state index in [0.29, 0.717) is 5.92 Å². The van der Waals surface area contributed by atoms with E-state index in [9.17, 15) is 5.11 Å². The van der Waals surface area contributed by atoms with E-state index in [1.165, 1.54) is 51.4 Å². The van der Waals surface area contributed by atoms with Crippen molar-refractivity contribution in [2.75, 3.05) is 6.61 Å². The van der Waals surface area contributed by atoms with Crippen molar-refractivity contribution in [2.24, 2.45) is 17.3 Å². The van der Waals surface area contributed by atoms with Gasteiger partial charge in [-0.2, -0.15) is 0 Å². The molecular formula is C22H32O2. The number of aliphatic hydroxyl groups excluding tert-OH is 1. The molecule has 2 heteroatoms. The standard InChI is InChI=1S/C22H32O2/c1-14-12-21(2)18(6-7-19(21)23)17-5-4-15-13-22(9-3-11-24-22)10-8-16(15)20(14)17/h17-19,23H,3-13H2,1-2H3/t17?,18?,19-,21-,22?/m0/s1. The van der Waals surface area contributed by atoms with E-state index in [2.05, 4.69) is 13.8 Å². The van der Waals surface area contributed by atoms with Crippen LogP contribution in [0.5, 0.6) is 0 Å². The van der Waals surface area contributed by atoms with Crippen molar-refractivity contribution in [3.63, 3.8) is 0 Å². The molecule has 0 bridgehead atoms. The van der Waals surface area contributed by atoms with Crippen LogP contribution in [-0.2, 0) is 4.74 Å². The lowest BCUT2D eigenvalue weighted by molar-refractivity contribution is -0.01000. The summed E-state index contributed by atoms with van der Waals surface area (Å²) in [4.78, 5) is 0. The Morgan fingerprint density at radius 3 is 2.75 bits per heavy atom. The Hall–Kier alpha value is -0.600. The normalized spacial score (nSPS) is 47.9. The van der Waals surface area contributed by atoms with E-state index in [-0.39, 0.29) is 17.1 Å². The van der Waals surface area contributed by atoms with Gasteiger partial charge in [-0.05, 0) is 94.1 Å². The number of rotatable bonds is 0. The minimum Gasteiger partial charge on any atom is -0.393 e. The van der Waals surface area contributed by atoms with Crippen LogP contribution < -0.4 is 0 Å². The Morgan fingerprint density at radius 2 is 1.96 bits per heavy atom. The molecule has 2 nitrogen and oxygen atoms in total. The van der Waals surface area contributed by atoms with Crippen molar-refractivity contribution in [2.45, 2.75) is 89.8 Å². The zero-order valence-electron chi connectivity index (χ0n) is 15.4. The zero-order valence-corrected chi connectivity index (χ0v) is 15.4. The van der Waals surface area contributed by atoms with Crippen molar-refractivity contribution in [1.29, 1.82) is 0 Å². The van der Waals surface area contributed by atoms with E-state index in [0.717, 1.165) is 25.4 Å². The van der Waals surface area contributed by atoms with E-state index in [1.54, 1.807) is 22.3 Å². The fourth-order valence-electron chi connectivity index (χ4n) is 7.26. The Balaban J connectivity index is 1.53. The fraction of sp³-hybridized carbons (Fsp3) is 0.818. The molecule has 5 rings (SSSR count). The highest BCUT2D eigenvalue weighted by molar-refractivity contribution is 5.47.